The second-order valence-corrected chi connectivity index (χ2v) is 9.93. The summed E-state index contributed by atoms with van der Waals surface area (Å²) in [6.45, 7) is 3.43. The lowest BCUT2D eigenvalue weighted by Crippen LogP contribution is -2.55. The van der Waals surface area contributed by atoms with Crippen LogP contribution in [0.1, 0.15) is 36.0 Å². The molecule has 0 heterocycles. The molecule has 2 aromatic carbocycles. The molecule has 160 valence electrons. The van der Waals surface area contributed by atoms with Gasteiger partial charge in [0.2, 0.25) is 15.9 Å². The first-order chi connectivity index (χ1) is 14.1. The van der Waals surface area contributed by atoms with E-state index in [1.165, 1.54) is 19.2 Å². The van der Waals surface area contributed by atoms with Gasteiger partial charge in [-0.3, -0.25) is 20.4 Å². The maximum Gasteiger partial charge on any atom is 0.253 e. The third-order valence-electron chi connectivity index (χ3n) is 5.62. The Bertz CT molecular complexity index is 1040. The molecule has 7 nitrogen and oxygen atoms in total. The van der Waals surface area contributed by atoms with Crippen molar-refractivity contribution in [1.82, 2.24) is 15.2 Å². The molecular weight excluding hydrogens is 402 g/mol. The highest BCUT2D eigenvalue weighted by Crippen LogP contribution is 2.44. The normalized spacial score (nSPS) is 15.3. The Morgan fingerprint density at radius 3 is 2.23 bits per heavy atom. The number of sulfonamides is 1. The van der Waals surface area contributed by atoms with Crippen molar-refractivity contribution in [3.63, 3.8) is 0 Å². The number of carbonyl (C=O) groups excluding carboxylic acids is 2. The topological polar surface area (TPSA) is 95.6 Å². The van der Waals surface area contributed by atoms with Crippen LogP contribution in [0.3, 0.4) is 0 Å². The standard InChI is InChI=1S/C22H27N3O4S/c1-16-8-10-19(11-9-16)30(28,29)25(3)15-20(26)23-24-21(27)22(12-5-13-22)18-7-4-6-17(2)14-18/h4,6-11,14H,5,12-13,15H2,1-3H3,(H,23,26)(H,24,27). The number of carbonyl (C=O) groups is 2. The molecule has 0 saturated heterocycles. The largest absolute Gasteiger partial charge is 0.272 e. The van der Waals surface area contributed by atoms with Crippen molar-refractivity contribution in [3.8, 4) is 0 Å². The zero-order chi connectivity index (χ0) is 21.9. The van der Waals surface area contributed by atoms with Crippen LogP contribution >= 0.6 is 0 Å². The van der Waals surface area contributed by atoms with Crippen LogP contribution in [0.2, 0.25) is 0 Å². The highest BCUT2D eigenvalue weighted by Gasteiger charge is 2.45. The van der Waals surface area contributed by atoms with Crippen LogP contribution in [0, 0.1) is 13.8 Å². The Balaban J connectivity index is 1.61. The molecule has 0 aliphatic heterocycles. The van der Waals surface area contributed by atoms with Gasteiger partial charge in [0, 0.05) is 7.05 Å². The fourth-order valence-electron chi connectivity index (χ4n) is 3.58. The summed E-state index contributed by atoms with van der Waals surface area (Å²) in [6.07, 6.45) is 2.35. The molecule has 0 radical (unpaired) electrons. The van der Waals surface area contributed by atoms with E-state index in [0.29, 0.717) is 12.8 Å². The number of hydrogen-bond acceptors (Lipinski definition) is 4. The Labute approximate surface area is 177 Å². The van der Waals surface area contributed by atoms with Crippen LogP contribution in [0.25, 0.3) is 0 Å². The minimum absolute atomic E-state index is 0.111. The number of hydrazine groups is 1. The highest BCUT2D eigenvalue weighted by atomic mass is 32.2. The molecule has 0 bridgehead atoms. The molecule has 1 aliphatic carbocycles. The first kappa shape index (κ1) is 22.0. The predicted molar refractivity (Wildman–Crippen MR) is 114 cm³/mol. The van der Waals surface area contributed by atoms with E-state index in [2.05, 4.69) is 10.9 Å². The number of aryl methyl sites for hydroxylation is 2. The van der Waals surface area contributed by atoms with Crippen LogP contribution in [-0.2, 0) is 25.0 Å². The molecule has 0 aromatic heterocycles. The van der Waals surface area contributed by atoms with Gasteiger partial charge in [0.1, 0.15) is 0 Å². The van der Waals surface area contributed by atoms with E-state index < -0.39 is 27.9 Å². The second kappa shape index (κ2) is 8.57. The van der Waals surface area contributed by atoms with Gasteiger partial charge in [-0.2, -0.15) is 4.31 Å². The third-order valence-corrected chi connectivity index (χ3v) is 7.44. The molecule has 2 aromatic rings. The van der Waals surface area contributed by atoms with Gasteiger partial charge in [-0.1, -0.05) is 53.9 Å². The summed E-state index contributed by atoms with van der Waals surface area (Å²) in [5.41, 5.74) is 7.13. The molecule has 1 aliphatic rings. The molecule has 8 heteroatoms. The van der Waals surface area contributed by atoms with Crippen molar-refractivity contribution < 1.29 is 18.0 Å². The molecule has 2 amide bonds. The minimum Gasteiger partial charge on any atom is -0.272 e. The first-order valence-corrected chi connectivity index (χ1v) is 11.3. The molecule has 0 unspecified atom stereocenters. The van der Waals surface area contributed by atoms with Crippen LogP contribution in [0.4, 0.5) is 0 Å². The van der Waals surface area contributed by atoms with Crippen LogP contribution < -0.4 is 10.9 Å². The Kier molecular flexibility index (Phi) is 6.28. The Morgan fingerprint density at radius 1 is 1.00 bits per heavy atom. The van der Waals surface area contributed by atoms with Gasteiger partial charge in [-0.05, 0) is 44.4 Å². The van der Waals surface area contributed by atoms with Crippen molar-refractivity contribution in [3.05, 3.63) is 65.2 Å². The highest BCUT2D eigenvalue weighted by molar-refractivity contribution is 7.89. The summed E-state index contributed by atoms with van der Waals surface area (Å²) in [7, 11) is -2.47. The molecule has 1 fully saturated rings. The van der Waals surface area contributed by atoms with Gasteiger partial charge >= 0.3 is 0 Å². The average Bonchev–Trinajstić information content (AvgIpc) is 2.66. The maximum absolute atomic E-state index is 12.8. The van der Waals surface area contributed by atoms with E-state index in [1.807, 2.05) is 38.1 Å². The zero-order valence-corrected chi connectivity index (χ0v) is 18.3. The van der Waals surface area contributed by atoms with E-state index in [-0.39, 0.29) is 10.8 Å². The smallest absolute Gasteiger partial charge is 0.253 e. The molecule has 2 N–H and O–H groups in total. The second-order valence-electron chi connectivity index (χ2n) is 7.88. The first-order valence-electron chi connectivity index (χ1n) is 9.85. The van der Waals surface area contributed by atoms with E-state index in [0.717, 1.165) is 27.4 Å². The SMILES string of the molecule is Cc1ccc(S(=O)(=O)N(C)CC(=O)NNC(=O)C2(c3cccc(C)c3)CCC2)cc1. The lowest BCUT2D eigenvalue weighted by Gasteiger charge is -2.40. The van der Waals surface area contributed by atoms with Crippen molar-refractivity contribution in [2.75, 3.05) is 13.6 Å². The molecule has 0 atom stereocenters. The number of hydrogen-bond donors (Lipinski definition) is 2. The van der Waals surface area contributed by atoms with Gasteiger partial charge in [0.15, 0.2) is 0 Å². The molecule has 30 heavy (non-hydrogen) atoms. The quantitative estimate of drug-likeness (QED) is 0.688. The Hall–Kier alpha value is -2.71. The van der Waals surface area contributed by atoms with Gasteiger partial charge in [-0.25, -0.2) is 8.42 Å². The number of nitrogens with zero attached hydrogens (tertiary/aromatic N) is 1. The lowest BCUT2D eigenvalue weighted by molar-refractivity contribution is -0.134. The van der Waals surface area contributed by atoms with E-state index >= 15 is 0 Å². The lowest BCUT2D eigenvalue weighted by atomic mass is 9.63. The summed E-state index contributed by atoms with van der Waals surface area (Å²) < 4.78 is 26.2. The fourth-order valence-corrected chi connectivity index (χ4v) is 4.71. The monoisotopic (exact) mass is 429 g/mol. The predicted octanol–water partition coefficient (Wildman–Crippen LogP) is 2.19. The van der Waals surface area contributed by atoms with Crippen molar-refractivity contribution >= 4 is 21.8 Å². The third kappa shape index (κ3) is 4.39. The number of benzene rings is 2. The van der Waals surface area contributed by atoms with Crippen molar-refractivity contribution in [1.29, 1.82) is 0 Å². The summed E-state index contributed by atoms with van der Waals surface area (Å²) in [4.78, 5) is 25.2. The van der Waals surface area contributed by atoms with Crippen molar-refractivity contribution in [2.24, 2.45) is 0 Å². The van der Waals surface area contributed by atoms with Gasteiger partial charge in [-0.15, -0.1) is 0 Å². The average molecular weight is 430 g/mol. The summed E-state index contributed by atoms with van der Waals surface area (Å²) >= 11 is 0. The van der Waals surface area contributed by atoms with Gasteiger partial charge in [0.25, 0.3) is 5.91 Å². The molecule has 0 spiro atoms. The summed E-state index contributed by atoms with van der Waals surface area (Å²) in [5.74, 6) is -0.892. The number of likely N-dealkylation sites (N-methyl/N-ethyl adjacent to an activating group) is 1. The van der Waals surface area contributed by atoms with E-state index in [4.69, 9.17) is 0 Å². The van der Waals surface area contributed by atoms with E-state index in [1.54, 1.807) is 12.1 Å². The van der Waals surface area contributed by atoms with Crippen LogP contribution in [0.15, 0.2) is 53.4 Å². The molecule has 3 rings (SSSR count). The van der Waals surface area contributed by atoms with Gasteiger partial charge in [0.05, 0.1) is 16.9 Å². The Morgan fingerprint density at radius 2 is 1.67 bits per heavy atom. The summed E-state index contributed by atoms with van der Waals surface area (Å²) in [6, 6.07) is 14.2. The fraction of sp³-hybridized carbons (Fsp3) is 0.364. The zero-order valence-electron chi connectivity index (χ0n) is 17.4. The van der Waals surface area contributed by atoms with Crippen LogP contribution in [0.5, 0.6) is 0 Å². The van der Waals surface area contributed by atoms with E-state index in [9.17, 15) is 18.0 Å². The summed E-state index contributed by atoms with van der Waals surface area (Å²) in [5, 5.41) is 0. The maximum atomic E-state index is 12.8. The van der Waals surface area contributed by atoms with Gasteiger partial charge < -0.3 is 0 Å². The van der Waals surface area contributed by atoms with Crippen molar-refractivity contribution in [2.45, 2.75) is 43.4 Å². The number of nitrogens with one attached hydrogen (secondary N) is 2. The van der Waals surface area contributed by atoms with Crippen LogP contribution in [-0.4, -0.2) is 38.1 Å². The minimum atomic E-state index is -3.80. The number of rotatable bonds is 6. The number of amides is 2. The molecule has 1 saturated carbocycles. The molecular formula is C22H27N3O4S.